The molecule has 1 aromatic carbocycles. The Balaban J connectivity index is 0.00000169. The van der Waals surface area contributed by atoms with Crippen LogP contribution in [0, 0.1) is 5.82 Å². The summed E-state index contributed by atoms with van der Waals surface area (Å²) in [5.41, 5.74) is 6.86. The maximum absolute atomic E-state index is 12.9. The van der Waals surface area contributed by atoms with Crippen molar-refractivity contribution in [1.29, 1.82) is 0 Å². The lowest BCUT2D eigenvalue weighted by Crippen LogP contribution is -2.25. The minimum absolute atomic E-state index is 0. The summed E-state index contributed by atoms with van der Waals surface area (Å²) in [5.74, 6) is 0.0355. The molecule has 2 unspecified atom stereocenters. The molecule has 14 heavy (non-hydrogen) atoms. The van der Waals surface area contributed by atoms with Crippen molar-refractivity contribution in [3.05, 3.63) is 35.6 Å². The Morgan fingerprint density at radius 3 is 2.57 bits per heavy atom. The van der Waals surface area contributed by atoms with Gasteiger partial charge in [-0.15, -0.1) is 0 Å². The van der Waals surface area contributed by atoms with Crippen molar-refractivity contribution in [2.45, 2.75) is 32.2 Å². The topological polar surface area (TPSA) is 61.0 Å². The number of rotatable bonds is 3. The van der Waals surface area contributed by atoms with Gasteiger partial charge in [0, 0.05) is 6.04 Å². The van der Waals surface area contributed by atoms with Crippen molar-refractivity contribution in [2.75, 3.05) is 0 Å². The standard InChI is InChI=1S/C11H16FN.H3N/c1-3-11(13)8(2)9-5-4-6-10(12)7-9;/h4-8,11H,3,13H2,1-2H3;1H3. The first-order valence-corrected chi connectivity index (χ1v) is 4.66. The molecule has 0 aromatic heterocycles. The third kappa shape index (κ3) is 3.09. The number of benzene rings is 1. The van der Waals surface area contributed by atoms with Gasteiger partial charge in [-0.05, 0) is 30.0 Å². The van der Waals surface area contributed by atoms with Gasteiger partial charge in [0.15, 0.2) is 0 Å². The Bertz CT molecular complexity index is 276. The van der Waals surface area contributed by atoms with E-state index in [0.29, 0.717) is 0 Å². The Kier molecular flexibility index (Phi) is 5.35. The predicted octanol–water partition coefficient (Wildman–Crippen LogP) is 2.83. The second kappa shape index (κ2) is 5.73. The van der Waals surface area contributed by atoms with E-state index in [-0.39, 0.29) is 23.9 Å². The summed E-state index contributed by atoms with van der Waals surface area (Å²) in [6.07, 6.45) is 0.914. The molecule has 1 rings (SSSR count). The van der Waals surface area contributed by atoms with Gasteiger partial charge in [-0.25, -0.2) is 4.39 Å². The molecule has 2 atom stereocenters. The summed E-state index contributed by atoms with van der Waals surface area (Å²) in [5, 5.41) is 0. The Hall–Kier alpha value is -0.930. The van der Waals surface area contributed by atoms with E-state index in [9.17, 15) is 4.39 Å². The van der Waals surface area contributed by atoms with Gasteiger partial charge in [0.05, 0.1) is 0 Å². The van der Waals surface area contributed by atoms with Crippen LogP contribution in [0.1, 0.15) is 31.7 Å². The molecule has 0 amide bonds. The van der Waals surface area contributed by atoms with Gasteiger partial charge in [-0.3, -0.25) is 0 Å². The Morgan fingerprint density at radius 2 is 2.07 bits per heavy atom. The molecule has 1 aromatic rings. The summed E-state index contributed by atoms with van der Waals surface area (Å²) in [6.45, 7) is 4.07. The third-order valence-corrected chi connectivity index (χ3v) is 2.49. The average molecular weight is 198 g/mol. The molecule has 0 bridgehead atoms. The quantitative estimate of drug-likeness (QED) is 0.784. The molecule has 0 fully saturated rings. The summed E-state index contributed by atoms with van der Waals surface area (Å²) in [6, 6.07) is 6.77. The van der Waals surface area contributed by atoms with E-state index in [0.717, 1.165) is 12.0 Å². The van der Waals surface area contributed by atoms with Crippen LogP contribution >= 0.6 is 0 Å². The van der Waals surface area contributed by atoms with E-state index < -0.39 is 0 Å². The zero-order valence-electron chi connectivity index (χ0n) is 8.83. The van der Waals surface area contributed by atoms with E-state index in [1.807, 2.05) is 19.9 Å². The summed E-state index contributed by atoms with van der Waals surface area (Å²) in [4.78, 5) is 0. The molecule has 0 aliphatic rings. The van der Waals surface area contributed by atoms with Gasteiger partial charge < -0.3 is 11.9 Å². The SMILES string of the molecule is CCC(N)C(C)c1cccc(F)c1.N. The van der Waals surface area contributed by atoms with Gasteiger partial charge in [0.25, 0.3) is 0 Å². The van der Waals surface area contributed by atoms with E-state index in [1.165, 1.54) is 6.07 Å². The summed E-state index contributed by atoms with van der Waals surface area (Å²) < 4.78 is 12.9. The van der Waals surface area contributed by atoms with Crippen molar-refractivity contribution in [3.63, 3.8) is 0 Å². The highest BCUT2D eigenvalue weighted by Gasteiger charge is 2.12. The number of hydrogen-bond donors (Lipinski definition) is 2. The fourth-order valence-electron chi connectivity index (χ4n) is 1.39. The molecular weight excluding hydrogens is 179 g/mol. The van der Waals surface area contributed by atoms with Gasteiger partial charge in [0.1, 0.15) is 5.82 Å². The van der Waals surface area contributed by atoms with Crippen LogP contribution in [0.25, 0.3) is 0 Å². The van der Waals surface area contributed by atoms with Crippen LogP contribution in [0.3, 0.4) is 0 Å². The molecule has 0 aliphatic heterocycles. The number of hydrogen-bond acceptors (Lipinski definition) is 2. The Labute approximate surface area is 84.9 Å². The maximum Gasteiger partial charge on any atom is 0.123 e. The smallest absolute Gasteiger partial charge is 0.123 e. The lowest BCUT2D eigenvalue weighted by molar-refractivity contribution is 0.545. The van der Waals surface area contributed by atoms with Crippen LogP contribution in [0.15, 0.2) is 24.3 Å². The van der Waals surface area contributed by atoms with E-state index in [4.69, 9.17) is 5.73 Å². The predicted molar refractivity (Wildman–Crippen MR) is 58.1 cm³/mol. The molecule has 80 valence electrons. The van der Waals surface area contributed by atoms with Crippen LogP contribution in [0.4, 0.5) is 4.39 Å². The second-order valence-electron chi connectivity index (χ2n) is 3.42. The molecule has 0 spiro atoms. The summed E-state index contributed by atoms with van der Waals surface area (Å²) in [7, 11) is 0. The normalized spacial score (nSPS) is 14.3. The first-order chi connectivity index (χ1) is 6.15. The molecule has 0 heterocycles. The molecule has 3 heteroatoms. The van der Waals surface area contributed by atoms with Crippen LogP contribution in [-0.2, 0) is 0 Å². The van der Waals surface area contributed by atoms with E-state index >= 15 is 0 Å². The highest BCUT2D eigenvalue weighted by molar-refractivity contribution is 5.21. The van der Waals surface area contributed by atoms with Crippen LogP contribution in [-0.4, -0.2) is 6.04 Å². The zero-order valence-corrected chi connectivity index (χ0v) is 8.83. The first-order valence-electron chi connectivity index (χ1n) is 4.66. The monoisotopic (exact) mass is 198 g/mol. The van der Waals surface area contributed by atoms with Gasteiger partial charge >= 0.3 is 0 Å². The molecule has 0 aliphatic carbocycles. The molecular formula is C11H19FN2. The third-order valence-electron chi connectivity index (χ3n) is 2.49. The minimum atomic E-state index is -0.187. The largest absolute Gasteiger partial charge is 0.344 e. The molecule has 2 nitrogen and oxygen atoms in total. The number of halogens is 1. The van der Waals surface area contributed by atoms with E-state index in [2.05, 4.69) is 0 Å². The maximum atomic E-state index is 12.9. The average Bonchev–Trinajstić information content (AvgIpc) is 2.15. The minimum Gasteiger partial charge on any atom is -0.344 e. The van der Waals surface area contributed by atoms with Crippen LogP contribution in [0.5, 0.6) is 0 Å². The van der Waals surface area contributed by atoms with Crippen molar-refractivity contribution < 1.29 is 4.39 Å². The van der Waals surface area contributed by atoms with Gasteiger partial charge in [-0.2, -0.15) is 0 Å². The van der Waals surface area contributed by atoms with Crippen molar-refractivity contribution in [3.8, 4) is 0 Å². The van der Waals surface area contributed by atoms with Gasteiger partial charge in [0.2, 0.25) is 0 Å². The first kappa shape index (κ1) is 13.1. The second-order valence-corrected chi connectivity index (χ2v) is 3.42. The van der Waals surface area contributed by atoms with Crippen molar-refractivity contribution >= 4 is 0 Å². The Morgan fingerprint density at radius 1 is 1.43 bits per heavy atom. The zero-order chi connectivity index (χ0) is 9.84. The highest BCUT2D eigenvalue weighted by Crippen LogP contribution is 2.20. The highest BCUT2D eigenvalue weighted by atomic mass is 19.1. The number of nitrogens with two attached hydrogens (primary N) is 1. The summed E-state index contributed by atoms with van der Waals surface area (Å²) >= 11 is 0. The molecule has 0 saturated heterocycles. The molecule has 5 N–H and O–H groups in total. The van der Waals surface area contributed by atoms with Crippen LogP contribution < -0.4 is 11.9 Å². The lowest BCUT2D eigenvalue weighted by atomic mass is 9.92. The fourth-order valence-corrected chi connectivity index (χ4v) is 1.39. The van der Waals surface area contributed by atoms with Crippen molar-refractivity contribution in [2.24, 2.45) is 5.73 Å². The molecule has 0 saturated carbocycles. The van der Waals surface area contributed by atoms with Crippen molar-refractivity contribution in [1.82, 2.24) is 6.15 Å². The molecule has 0 radical (unpaired) electrons. The van der Waals surface area contributed by atoms with Gasteiger partial charge in [-0.1, -0.05) is 26.0 Å². The van der Waals surface area contributed by atoms with E-state index in [1.54, 1.807) is 12.1 Å². The lowest BCUT2D eigenvalue weighted by Gasteiger charge is -2.18. The fraction of sp³-hybridized carbons (Fsp3) is 0.455. The van der Waals surface area contributed by atoms with Crippen LogP contribution in [0.2, 0.25) is 0 Å².